The minimum absolute atomic E-state index is 0.00646. The number of hydrogen-bond donors (Lipinski definition) is 1. The van der Waals surface area contributed by atoms with E-state index in [1.807, 2.05) is 35.2 Å². The van der Waals surface area contributed by atoms with Gasteiger partial charge in [0.2, 0.25) is 5.91 Å². The van der Waals surface area contributed by atoms with E-state index in [0.717, 1.165) is 43.5 Å². The zero-order valence-corrected chi connectivity index (χ0v) is 18.9. The zero-order chi connectivity index (χ0) is 21.3. The Kier molecular flexibility index (Phi) is 8.31. The van der Waals surface area contributed by atoms with Gasteiger partial charge in [-0.15, -0.1) is 11.3 Å². The van der Waals surface area contributed by atoms with Crippen molar-refractivity contribution in [3.8, 4) is 0 Å². The first-order chi connectivity index (χ1) is 14.6. The highest BCUT2D eigenvalue weighted by molar-refractivity contribution is 7.09. The van der Waals surface area contributed by atoms with Crippen LogP contribution in [0.1, 0.15) is 47.8 Å². The molecule has 6 heteroatoms. The van der Waals surface area contributed by atoms with E-state index < -0.39 is 0 Å². The van der Waals surface area contributed by atoms with Crippen LogP contribution in [-0.4, -0.2) is 49.9 Å². The predicted molar refractivity (Wildman–Crippen MR) is 124 cm³/mol. The van der Waals surface area contributed by atoms with Gasteiger partial charge in [-0.3, -0.25) is 9.59 Å². The number of unbranched alkanes of at least 4 members (excludes halogenated alkanes) is 1. The van der Waals surface area contributed by atoms with Gasteiger partial charge in [0.25, 0.3) is 5.91 Å². The van der Waals surface area contributed by atoms with Crippen LogP contribution in [-0.2, 0) is 11.2 Å². The molecule has 30 heavy (non-hydrogen) atoms. The Morgan fingerprint density at radius 2 is 1.90 bits per heavy atom. The minimum atomic E-state index is 0.00646. The second-order valence-corrected chi connectivity index (χ2v) is 9.04. The van der Waals surface area contributed by atoms with Gasteiger partial charge in [0.1, 0.15) is 0 Å². The van der Waals surface area contributed by atoms with Crippen LogP contribution < -0.4 is 10.2 Å². The Morgan fingerprint density at radius 1 is 1.17 bits per heavy atom. The average molecular weight is 428 g/mol. The standard InChI is InChI=1S/C24H33N3O2S/c1-3-4-15-26(2)21-9-7-20(8-10-21)24(29)27-16-12-19(13-17-27)23(28)25-14-11-22-6-5-18-30-22/h5-10,18-19H,3-4,11-17H2,1-2H3,(H,25,28). The van der Waals surface area contributed by atoms with Crippen molar-refractivity contribution in [2.24, 2.45) is 5.92 Å². The van der Waals surface area contributed by atoms with Gasteiger partial charge in [-0.25, -0.2) is 0 Å². The molecule has 1 N–H and O–H groups in total. The van der Waals surface area contributed by atoms with Crippen LogP contribution in [0.15, 0.2) is 41.8 Å². The fourth-order valence-corrected chi connectivity index (χ4v) is 4.53. The van der Waals surface area contributed by atoms with Crippen molar-refractivity contribution < 1.29 is 9.59 Å². The summed E-state index contributed by atoms with van der Waals surface area (Å²) in [6.45, 7) is 5.16. The Hall–Kier alpha value is -2.34. The van der Waals surface area contributed by atoms with Crippen LogP contribution in [0.3, 0.4) is 0 Å². The number of thiophene rings is 1. The molecule has 0 atom stereocenters. The molecule has 2 heterocycles. The molecule has 0 saturated carbocycles. The molecule has 1 fully saturated rings. The van der Waals surface area contributed by atoms with Gasteiger partial charge in [-0.1, -0.05) is 19.4 Å². The van der Waals surface area contributed by atoms with Crippen LogP contribution in [0.4, 0.5) is 5.69 Å². The van der Waals surface area contributed by atoms with Crippen molar-refractivity contribution in [1.29, 1.82) is 0 Å². The number of anilines is 1. The topological polar surface area (TPSA) is 52.7 Å². The third-order valence-electron chi connectivity index (χ3n) is 5.81. The molecule has 3 rings (SSSR count). The van der Waals surface area contributed by atoms with Crippen LogP contribution in [0.25, 0.3) is 0 Å². The molecule has 2 aromatic rings. The van der Waals surface area contributed by atoms with Crippen molar-refractivity contribution in [2.45, 2.75) is 39.0 Å². The number of carbonyl (C=O) groups is 2. The number of likely N-dealkylation sites (tertiary alicyclic amines) is 1. The summed E-state index contributed by atoms with van der Waals surface area (Å²) in [6.07, 6.45) is 4.67. The maximum atomic E-state index is 12.8. The quantitative estimate of drug-likeness (QED) is 0.653. The minimum Gasteiger partial charge on any atom is -0.375 e. The van der Waals surface area contributed by atoms with E-state index in [1.54, 1.807) is 11.3 Å². The molecule has 0 bridgehead atoms. The van der Waals surface area contributed by atoms with Crippen molar-refractivity contribution >= 4 is 28.8 Å². The molecule has 0 radical (unpaired) electrons. The summed E-state index contributed by atoms with van der Waals surface area (Å²) >= 11 is 1.72. The fourth-order valence-electron chi connectivity index (χ4n) is 3.82. The van der Waals surface area contributed by atoms with Crippen molar-refractivity contribution in [2.75, 3.05) is 38.1 Å². The molecule has 1 aromatic carbocycles. The first-order valence-corrected chi connectivity index (χ1v) is 11.9. The van der Waals surface area contributed by atoms with E-state index in [2.05, 4.69) is 35.6 Å². The number of amides is 2. The van der Waals surface area contributed by atoms with Crippen molar-refractivity contribution in [1.82, 2.24) is 10.2 Å². The maximum Gasteiger partial charge on any atom is 0.253 e. The van der Waals surface area contributed by atoms with Gasteiger partial charge in [-0.05, 0) is 61.4 Å². The summed E-state index contributed by atoms with van der Waals surface area (Å²) in [5.74, 6) is 0.194. The highest BCUT2D eigenvalue weighted by atomic mass is 32.1. The predicted octanol–water partition coefficient (Wildman–Crippen LogP) is 4.20. The maximum absolute atomic E-state index is 12.8. The van der Waals surface area contributed by atoms with E-state index >= 15 is 0 Å². The molecule has 5 nitrogen and oxygen atoms in total. The molecular formula is C24H33N3O2S. The number of benzene rings is 1. The largest absolute Gasteiger partial charge is 0.375 e. The van der Waals surface area contributed by atoms with Crippen LogP contribution in [0.5, 0.6) is 0 Å². The van der Waals surface area contributed by atoms with Crippen LogP contribution in [0, 0.1) is 5.92 Å². The lowest BCUT2D eigenvalue weighted by molar-refractivity contribution is -0.126. The molecule has 1 aliphatic rings. The number of rotatable bonds is 9. The second-order valence-electron chi connectivity index (χ2n) is 8.01. The molecule has 1 saturated heterocycles. The summed E-state index contributed by atoms with van der Waals surface area (Å²) in [4.78, 5) is 30.7. The first-order valence-electron chi connectivity index (χ1n) is 11.0. The van der Waals surface area contributed by atoms with Crippen LogP contribution >= 0.6 is 11.3 Å². The molecule has 1 aromatic heterocycles. The van der Waals surface area contributed by atoms with E-state index in [0.29, 0.717) is 19.6 Å². The van der Waals surface area contributed by atoms with Gasteiger partial charge < -0.3 is 15.1 Å². The lowest BCUT2D eigenvalue weighted by atomic mass is 9.95. The van der Waals surface area contributed by atoms with E-state index in [9.17, 15) is 9.59 Å². The van der Waals surface area contributed by atoms with Gasteiger partial charge in [0, 0.05) is 55.3 Å². The van der Waals surface area contributed by atoms with E-state index in [-0.39, 0.29) is 17.7 Å². The van der Waals surface area contributed by atoms with Gasteiger partial charge in [0.15, 0.2) is 0 Å². The lowest BCUT2D eigenvalue weighted by Crippen LogP contribution is -2.43. The average Bonchev–Trinajstić information content (AvgIpc) is 3.30. The van der Waals surface area contributed by atoms with Crippen molar-refractivity contribution in [3.63, 3.8) is 0 Å². The lowest BCUT2D eigenvalue weighted by Gasteiger charge is -2.31. The highest BCUT2D eigenvalue weighted by Gasteiger charge is 2.27. The molecule has 2 amide bonds. The third kappa shape index (κ3) is 6.08. The van der Waals surface area contributed by atoms with Gasteiger partial charge in [-0.2, -0.15) is 0 Å². The number of piperidine rings is 1. The molecule has 1 aliphatic heterocycles. The SMILES string of the molecule is CCCCN(C)c1ccc(C(=O)N2CCC(C(=O)NCCc3cccs3)CC2)cc1. The normalized spacial score (nSPS) is 14.5. The third-order valence-corrected chi connectivity index (χ3v) is 6.74. The Balaban J connectivity index is 1.43. The Morgan fingerprint density at radius 3 is 2.53 bits per heavy atom. The summed E-state index contributed by atoms with van der Waals surface area (Å²) in [5, 5.41) is 5.11. The van der Waals surface area contributed by atoms with Gasteiger partial charge >= 0.3 is 0 Å². The summed E-state index contributed by atoms with van der Waals surface area (Å²) in [7, 11) is 2.09. The summed E-state index contributed by atoms with van der Waals surface area (Å²) < 4.78 is 0. The zero-order valence-electron chi connectivity index (χ0n) is 18.1. The Labute approximate surface area is 184 Å². The number of hydrogen-bond acceptors (Lipinski definition) is 4. The fraction of sp³-hybridized carbons (Fsp3) is 0.500. The monoisotopic (exact) mass is 427 g/mol. The van der Waals surface area contributed by atoms with Crippen molar-refractivity contribution in [3.05, 3.63) is 52.2 Å². The van der Waals surface area contributed by atoms with E-state index in [1.165, 1.54) is 11.3 Å². The first kappa shape index (κ1) is 22.3. The number of carbonyl (C=O) groups excluding carboxylic acids is 2. The summed E-state index contributed by atoms with van der Waals surface area (Å²) in [6, 6.07) is 12.0. The molecule has 162 valence electrons. The summed E-state index contributed by atoms with van der Waals surface area (Å²) in [5.41, 5.74) is 1.86. The second kappa shape index (κ2) is 11.2. The molecule has 0 aliphatic carbocycles. The number of nitrogens with zero attached hydrogens (tertiary/aromatic N) is 2. The van der Waals surface area contributed by atoms with Gasteiger partial charge in [0.05, 0.1) is 0 Å². The Bertz CT molecular complexity index is 796. The smallest absolute Gasteiger partial charge is 0.253 e. The number of nitrogens with one attached hydrogen (secondary N) is 1. The highest BCUT2D eigenvalue weighted by Crippen LogP contribution is 2.21. The molecular weight excluding hydrogens is 394 g/mol. The van der Waals surface area contributed by atoms with E-state index in [4.69, 9.17) is 0 Å². The molecule has 0 unspecified atom stereocenters. The molecule has 0 spiro atoms. The van der Waals surface area contributed by atoms with Crippen LogP contribution in [0.2, 0.25) is 0 Å².